The third-order valence-corrected chi connectivity index (χ3v) is 12.5. The van der Waals surface area contributed by atoms with Crippen LogP contribution in [0.15, 0.2) is 218 Å². The van der Waals surface area contributed by atoms with E-state index in [1.54, 1.807) is 0 Å². The number of nitrogens with zero attached hydrogens (tertiary/aromatic N) is 3. The predicted molar refractivity (Wildman–Crippen MR) is 238 cm³/mol. The van der Waals surface area contributed by atoms with Gasteiger partial charge in [0.15, 0.2) is 0 Å². The molecule has 0 saturated heterocycles. The number of rotatable bonds is 12. The first-order valence-corrected chi connectivity index (χ1v) is 22.5. The summed E-state index contributed by atoms with van der Waals surface area (Å²) < 4.78 is 34.0. The van der Waals surface area contributed by atoms with Crippen molar-refractivity contribution < 1.29 is 28.9 Å². The van der Waals surface area contributed by atoms with Gasteiger partial charge in [-0.2, -0.15) is 0 Å². The molecule has 296 valence electrons. The van der Waals surface area contributed by atoms with Gasteiger partial charge in [0, 0.05) is 70.5 Å². The number of thiophene rings is 3. The van der Waals surface area contributed by atoms with E-state index in [1.807, 2.05) is 34.0 Å². The van der Waals surface area contributed by atoms with E-state index in [-0.39, 0.29) is 0 Å². The molecule has 3 heterocycles. The maximum absolute atomic E-state index is 8.49. The van der Waals surface area contributed by atoms with Crippen molar-refractivity contribution in [2.75, 3.05) is 14.7 Å². The summed E-state index contributed by atoms with van der Waals surface area (Å²) in [5.41, 5.74) is 6.77. The molecule has 3 aromatic heterocycles. The first kappa shape index (κ1) is 40.6. The molecule has 7 nitrogen and oxygen atoms in total. The normalized spacial score (nSPS) is 11.0. The van der Waals surface area contributed by atoms with Crippen molar-refractivity contribution in [2.45, 2.75) is 0 Å². The number of hydrogen-bond donors (Lipinski definition) is 0. The number of para-hydroxylation sites is 6. The highest BCUT2D eigenvalue weighted by molar-refractivity contribution is 7.20. The van der Waals surface area contributed by atoms with Crippen LogP contribution >= 0.6 is 34.0 Å². The fourth-order valence-electron chi connectivity index (χ4n) is 6.78. The molecule has 0 amide bonds. The lowest BCUT2D eigenvalue weighted by Crippen LogP contribution is -2.68. The van der Waals surface area contributed by atoms with E-state index in [9.17, 15) is 0 Å². The van der Waals surface area contributed by atoms with E-state index in [2.05, 4.69) is 233 Å². The summed E-state index contributed by atoms with van der Waals surface area (Å²) in [5.74, 6) is 1.23. The lowest BCUT2D eigenvalue weighted by atomic mass is 10.0. The molecular weight excluding hydrogens is 826 g/mol. The van der Waals surface area contributed by atoms with E-state index in [0.717, 1.165) is 49.1 Å². The molecule has 9 aromatic rings. The molecule has 0 aliphatic carbocycles. The van der Waals surface area contributed by atoms with Gasteiger partial charge in [0.1, 0.15) is 35.6 Å². The minimum absolute atomic E-state index is 1.13. The van der Waals surface area contributed by atoms with Crippen LogP contribution in [0.2, 0.25) is 0 Å². The summed E-state index contributed by atoms with van der Waals surface area (Å²) >= 11 is 5.47. The Morgan fingerprint density at radius 2 is 0.467 bits per heavy atom. The Bertz CT molecular complexity index is 2260. The van der Waals surface area contributed by atoms with Crippen LogP contribution < -0.4 is 33.3 Å². The van der Waals surface area contributed by atoms with Crippen LogP contribution in [-0.2, 0) is 0 Å². The Morgan fingerprint density at radius 3 is 0.650 bits per heavy atom. The summed E-state index contributed by atoms with van der Waals surface area (Å²) in [6, 6.07) is 77.5. The van der Waals surface area contributed by atoms with Gasteiger partial charge in [0.2, 0.25) is 0 Å². The van der Waals surface area contributed by atoms with Crippen molar-refractivity contribution in [3.05, 3.63) is 239 Å². The van der Waals surface area contributed by atoms with Gasteiger partial charge in [-0.1, -0.05) is 143 Å². The van der Waals surface area contributed by atoms with Crippen molar-refractivity contribution in [1.29, 1.82) is 0 Å². The van der Waals surface area contributed by atoms with Crippen LogP contribution in [0, 0.1) is 16.2 Å². The summed E-state index contributed by atoms with van der Waals surface area (Å²) in [7, 11) is -4.94. The van der Waals surface area contributed by atoms with Crippen LogP contribution in [0.1, 0.15) is 14.6 Å². The van der Waals surface area contributed by atoms with Crippen LogP contribution in [0.3, 0.4) is 0 Å². The highest BCUT2D eigenvalue weighted by Crippen LogP contribution is 2.50. The SMILES string of the molecule is [O-][Cl+3]([O-])([O-])[O-].c1ccc(N(c2ccccc2)c2ccc([C+](c3ccc(N(c4ccccc4)c4ccccc4)s3)c3ccc(N(c4ccccc4)c4ccccc4)s3)s2)cc1. The Balaban J connectivity index is 0.000000943. The highest BCUT2D eigenvalue weighted by atomic mass is 35.7. The summed E-state index contributed by atoms with van der Waals surface area (Å²) in [6.07, 6.45) is 0. The van der Waals surface area contributed by atoms with Gasteiger partial charge in [-0.3, -0.25) is 0 Å². The number of anilines is 9. The first-order valence-electron chi connectivity index (χ1n) is 18.8. The molecule has 0 saturated carbocycles. The van der Waals surface area contributed by atoms with Gasteiger partial charge in [-0.25, -0.2) is 18.6 Å². The molecule has 0 radical (unpaired) electrons. The summed E-state index contributed by atoms with van der Waals surface area (Å²) in [4.78, 5) is 10.7. The minimum atomic E-state index is -4.94. The molecule has 0 N–H and O–H groups in total. The van der Waals surface area contributed by atoms with E-state index in [4.69, 9.17) is 18.6 Å². The molecule has 6 aromatic carbocycles. The highest BCUT2D eigenvalue weighted by Gasteiger charge is 2.32. The Morgan fingerprint density at radius 1 is 0.283 bits per heavy atom. The van der Waals surface area contributed by atoms with E-state index < -0.39 is 10.2 Å². The number of benzene rings is 6. The van der Waals surface area contributed by atoms with Gasteiger partial charge in [0.05, 0.1) is 0 Å². The van der Waals surface area contributed by atoms with Gasteiger partial charge in [-0.05, 0) is 72.8 Å². The van der Waals surface area contributed by atoms with Crippen molar-refractivity contribution in [1.82, 2.24) is 0 Å². The quantitative estimate of drug-likeness (QED) is 0.113. The maximum atomic E-state index is 8.49. The predicted octanol–water partition coefficient (Wildman–Crippen LogP) is 10.5. The van der Waals surface area contributed by atoms with Crippen molar-refractivity contribution >= 4 is 83.1 Å². The van der Waals surface area contributed by atoms with Gasteiger partial charge < -0.3 is 14.7 Å². The van der Waals surface area contributed by atoms with E-state index in [1.165, 1.54) is 20.5 Å². The topological polar surface area (TPSA) is 102 Å². The van der Waals surface area contributed by atoms with Gasteiger partial charge in [0.25, 0.3) is 0 Å². The minimum Gasteiger partial charge on any atom is -0.301 e. The first-order chi connectivity index (χ1) is 29.3. The standard InChI is InChI=1S/C49H36N3S3.ClHO4/c1-7-19-37(20-8-1)50(38-21-9-2-10-22-38)46-34-31-43(53-46)49(44-32-35-47(54-44)51(39-23-11-3-12-24-39)40-25-13-4-14-26-40)45-33-36-48(55-45)52(41-27-15-5-16-28-41)42-29-17-6-18-30-42;2-1(3,4)5/h1-36H;(H,2,3,4,5)/q+1;/p-1. The van der Waals surface area contributed by atoms with Crippen molar-refractivity contribution in [3.63, 3.8) is 0 Å². The molecule has 0 atom stereocenters. The molecule has 0 bridgehead atoms. The van der Waals surface area contributed by atoms with Gasteiger partial charge >= 0.3 is 0 Å². The zero-order valence-corrected chi connectivity index (χ0v) is 35.1. The smallest absolute Gasteiger partial charge is 0.121 e. The summed E-state index contributed by atoms with van der Waals surface area (Å²) in [5, 5.41) is 3.47. The molecule has 9 rings (SSSR count). The molecule has 0 aliphatic heterocycles. The molecule has 0 fully saturated rings. The van der Waals surface area contributed by atoms with E-state index >= 15 is 0 Å². The molecule has 60 heavy (non-hydrogen) atoms. The number of halogens is 1. The zero-order chi connectivity index (χ0) is 41.3. The Kier molecular flexibility index (Phi) is 12.7. The van der Waals surface area contributed by atoms with Gasteiger partial charge in [-0.15, -0.1) is 10.2 Å². The third-order valence-electron chi connectivity index (χ3n) is 9.26. The lowest BCUT2D eigenvalue weighted by molar-refractivity contribution is -2.00. The average molecular weight is 862 g/mol. The monoisotopic (exact) mass is 861 g/mol. The fraction of sp³-hybridized carbons (Fsp3) is 0. The van der Waals surface area contributed by atoms with Crippen molar-refractivity contribution in [3.8, 4) is 0 Å². The zero-order valence-electron chi connectivity index (χ0n) is 31.9. The van der Waals surface area contributed by atoms with Crippen LogP contribution in [-0.4, -0.2) is 0 Å². The number of hydrogen-bond acceptors (Lipinski definition) is 10. The molecule has 0 unspecified atom stereocenters. The maximum Gasteiger partial charge on any atom is 0.121 e. The fourth-order valence-corrected chi connectivity index (χ4v) is 10.3. The molecule has 0 spiro atoms. The summed E-state index contributed by atoms with van der Waals surface area (Å²) in [6.45, 7) is 0. The van der Waals surface area contributed by atoms with Crippen LogP contribution in [0.5, 0.6) is 0 Å². The second-order valence-corrected chi connectivity index (χ2v) is 17.1. The molecule has 11 heteroatoms. The van der Waals surface area contributed by atoms with E-state index in [0.29, 0.717) is 0 Å². The second-order valence-electron chi connectivity index (χ2n) is 13.2. The van der Waals surface area contributed by atoms with Crippen molar-refractivity contribution in [2.24, 2.45) is 0 Å². The Labute approximate surface area is 363 Å². The average Bonchev–Trinajstić information content (AvgIpc) is 4.07. The lowest BCUT2D eigenvalue weighted by Gasteiger charge is -2.23. The second kappa shape index (κ2) is 18.8. The molecular formula is C49H36ClN3O4S3. The van der Waals surface area contributed by atoms with Crippen LogP contribution in [0.25, 0.3) is 0 Å². The Hall–Kier alpha value is -6.18. The largest absolute Gasteiger partial charge is 0.301 e. The van der Waals surface area contributed by atoms with Crippen LogP contribution in [0.4, 0.5) is 49.1 Å². The third kappa shape index (κ3) is 9.81. The molecule has 0 aliphatic rings.